The van der Waals surface area contributed by atoms with Crippen LogP contribution in [0.2, 0.25) is 0 Å². The van der Waals surface area contributed by atoms with Gasteiger partial charge in [-0.25, -0.2) is 4.79 Å². The molecule has 22 heavy (non-hydrogen) atoms. The predicted molar refractivity (Wildman–Crippen MR) is 86.6 cm³/mol. The summed E-state index contributed by atoms with van der Waals surface area (Å²) in [5, 5.41) is 6.44. The van der Waals surface area contributed by atoms with Crippen molar-refractivity contribution < 1.29 is 9.53 Å². The van der Waals surface area contributed by atoms with Crippen molar-refractivity contribution in [3.05, 3.63) is 29.6 Å². The van der Waals surface area contributed by atoms with Crippen molar-refractivity contribution in [1.82, 2.24) is 15.6 Å². The highest BCUT2D eigenvalue weighted by molar-refractivity contribution is 5.69. The fourth-order valence-electron chi connectivity index (χ4n) is 2.50. The molecule has 1 amide bonds. The number of pyridine rings is 1. The Bertz CT molecular complexity index is 502. The number of hydrogen-bond donors (Lipinski definition) is 2. The molecular weight excluding hydrogens is 278 g/mol. The topological polar surface area (TPSA) is 63.2 Å². The number of ether oxygens (including phenoxy) is 1. The van der Waals surface area contributed by atoms with Gasteiger partial charge < -0.3 is 15.4 Å². The molecule has 0 radical (unpaired) electrons. The third kappa shape index (κ3) is 4.98. The molecule has 1 fully saturated rings. The van der Waals surface area contributed by atoms with Crippen LogP contribution in [-0.2, 0) is 11.3 Å². The van der Waals surface area contributed by atoms with Crippen LogP contribution in [0.1, 0.15) is 51.3 Å². The van der Waals surface area contributed by atoms with Gasteiger partial charge in [-0.2, -0.15) is 0 Å². The largest absolute Gasteiger partial charge is 0.444 e. The van der Waals surface area contributed by atoms with E-state index in [1.54, 1.807) is 0 Å². The molecule has 0 aliphatic heterocycles. The summed E-state index contributed by atoms with van der Waals surface area (Å²) in [7, 11) is 0. The van der Waals surface area contributed by atoms with Crippen LogP contribution in [0.25, 0.3) is 0 Å². The molecule has 1 aromatic heterocycles. The maximum atomic E-state index is 12.0. The normalized spacial score (nSPS) is 16.7. The smallest absolute Gasteiger partial charge is 0.408 e. The van der Waals surface area contributed by atoms with Gasteiger partial charge in [-0.3, -0.25) is 4.98 Å². The summed E-state index contributed by atoms with van der Waals surface area (Å²) in [5.41, 5.74) is 1.53. The van der Waals surface area contributed by atoms with Gasteiger partial charge in [0.15, 0.2) is 0 Å². The lowest BCUT2D eigenvalue weighted by atomic mass is 9.76. The Kier molecular flexibility index (Phi) is 5.06. The Morgan fingerprint density at radius 1 is 1.36 bits per heavy atom. The Balaban J connectivity index is 1.81. The Morgan fingerprint density at radius 3 is 2.59 bits per heavy atom. The molecular formula is C17H27N3O2. The monoisotopic (exact) mass is 305 g/mol. The first-order chi connectivity index (χ1) is 10.3. The summed E-state index contributed by atoms with van der Waals surface area (Å²) in [5.74, 6) is 0. The van der Waals surface area contributed by atoms with E-state index in [2.05, 4.69) is 21.7 Å². The average molecular weight is 305 g/mol. The maximum absolute atomic E-state index is 12.0. The molecule has 5 heteroatoms. The average Bonchev–Trinajstić information content (AvgIpc) is 2.36. The molecule has 2 N–H and O–H groups in total. The van der Waals surface area contributed by atoms with Crippen LogP contribution >= 0.6 is 0 Å². The molecule has 0 saturated heterocycles. The minimum absolute atomic E-state index is 0.174. The molecule has 1 aliphatic carbocycles. The van der Waals surface area contributed by atoms with E-state index in [1.165, 1.54) is 0 Å². The second-order valence-corrected chi connectivity index (χ2v) is 7.19. The third-order valence-corrected chi connectivity index (χ3v) is 3.82. The molecule has 0 bridgehead atoms. The lowest BCUT2D eigenvalue weighted by Crippen LogP contribution is -2.59. The molecule has 0 atom stereocenters. The number of carbonyl (C=O) groups excluding carboxylic acids is 1. The van der Waals surface area contributed by atoms with Crippen LogP contribution in [-0.4, -0.2) is 28.8 Å². The fourth-order valence-corrected chi connectivity index (χ4v) is 2.50. The lowest BCUT2D eigenvalue weighted by molar-refractivity contribution is 0.0382. The molecule has 2 rings (SSSR count). The fraction of sp³-hybridized carbons (Fsp3) is 0.647. The minimum Gasteiger partial charge on any atom is -0.444 e. The number of nitrogens with one attached hydrogen (secondary N) is 2. The summed E-state index contributed by atoms with van der Waals surface area (Å²) in [6.07, 6.45) is 4.65. The van der Waals surface area contributed by atoms with E-state index in [0.717, 1.165) is 37.1 Å². The number of aromatic nitrogens is 1. The van der Waals surface area contributed by atoms with Crippen molar-refractivity contribution in [1.29, 1.82) is 0 Å². The van der Waals surface area contributed by atoms with Crippen molar-refractivity contribution in [2.45, 2.75) is 64.6 Å². The molecule has 1 heterocycles. The first-order valence-electron chi connectivity index (χ1n) is 7.91. The number of alkyl carbamates (subject to hydrolysis) is 1. The molecule has 1 saturated carbocycles. The van der Waals surface area contributed by atoms with Gasteiger partial charge >= 0.3 is 6.09 Å². The number of amides is 1. The summed E-state index contributed by atoms with van der Waals surface area (Å²) in [4.78, 5) is 16.3. The molecule has 5 nitrogen and oxygen atoms in total. The van der Waals surface area contributed by atoms with Crippen molar-refractivity contribution in [3.63, 3.8) is 0 Å². The number of rotatable bonds is 5. The van der Waals surface area contributed by atoms with E-state index >= 15 is 0 Å². The summed E-state index contributed by atoms with van der Waals surface area (Å²) in [6, 6.07) is 4.08. The highest BCUT2D eigenvalue weighted by atomic mass is 16.6. The quantitative estimate of drug-likeness (QED) is 0.878. The van der Waals surface area contributed by atoms with Crippen LogP contribution in [0.3, 0.4) is 0 Å². The van der Waals surface area contributed by atoms with Gasteiger partial charge in [-0.05, 0) is 58.6 Å². The highest BCUT2D eigenvalue weighted by Gasteiger charge is 2.39. The van der Waals surface area contributed by atoms with E-state index in [9.17, 15) is 4.79 Å². The van der Waals surface area contributed by atoms with Gasteiger partial charge in [0.1, 0.15) is 5.60 Å². The Morgan fingerprint density at radius 2 is 2.09 bits per heavy atom. The predicted octanol–water partition coefficient (Wildman–Crippen LogP) is 2.93. The van der Waals surface area contributed by atoms with E-state index in [-0.39, 0.29) is 11.6 Å². The van der Waals surface area contributed by atoms with Crippen molar-refractivity contribution in [2.75, 3.05) is 6.54 Å². The first-order valence-corrected chi connectivity index (χ1v) is 7.91. The van der Waals surface area contributed by atoms with E-state index in [4.69, 9.17) is 4.74 Å². The zero-order valence-corrected chi connectivity index (χ0v) is 14.0. The summed E-state index contributed by atoms with van der Waals surface area (Å²) in [6.45, 7) is 9.10. The van der Waals surface area contributed by atoms with Crippen LogP contribution in [0.5, 0.6) is 0 Å². The second-order valence-electron chi connectivity index (χ2n) is 7.19. The Labute approximate surface area is 132 Å². The maximum Gasteiger partial charge on any atom is 0.408 e. The van der Waals surface area contributed by atoms with Gasteiger partial charge in [0, 0.05) is 19.3 Å². The lowest BCUT2D eigenvalue weighted by Gasteiger charge is -2.42. The number of carbonyl (C=O) groups is 1. The van der Waals surface area contributed by atoms with Crippen molar-refractivity contribution >= 4 is 6.09 Å². The Hall–Kier alpha value is -1.62. The highest BCUT2D eigenvalue weighted by Crippen LogP contribution is 2.31. The van der Waals surface area contributed by atoms with Gasteiger partial charge in [-0.15, -0.1) is 0 Å². The van der Waals surface area contributed by atoms with E-state index in [1.807, 2.05) is 40.0 Å². The van der Waals surface area contributed by atoms with E-state index in [0.29, 0.717) is 6.54 Å². The molecule has 0 aromatic carbocycles. The standard InChI is InChI=1S/C17H27N3O2/c1-13-6-7-14(19-10-13)11-18-12-17(8-5-9-17)20-15(21)22-16(2,3)4/h6-7,10,18H,5,8-9,11-12H2,1-4H3,(H,20,21). The van der Waals surface area contributed by atoms with Crippen molar-refractivity contribution in [2.24, 2.45) is 0 Å². The van der Waals surface area contributed by atoms with Crippen LogP contribution in [0.15, 0.2) is 18.3 Å². The molecule has 1 aliphatic rings. The van der Waals surface area contributed by atoms with Gasteiger partial charge in [-0.1, -0.05) is 6.07 Å². The summed E-state index contributed by atoms with van der Waals surface area (Å²) < 4.78 is 5.36. The molecule has 1 aromatic rings. The number of hydrogen-bond acceptors (Lipinski definition) is 4. The number of aryl methyl sites for hydroxylation is 1. The number of nitrogens with zero attached hydrogens (tertiary/aromatic N) is 1. The van der Waals surface area contributed by atoms with Crippen LogP contribution < -0.4 is 10.6 Å². The summed E-state index contributed by atoms with van der Waals surface area (Å²) >= 11 is 0. The van der Waals surface area contributed by atoms with Crippen LogP contribution in [0.4, 0.5) is 4.79 Å². The van der Waals surface area contributed by atoms with Gasteiger partial charge in [0.2, 0.25) is 0 Å². The van der Waals surface area contributed by atoms with Gasteiger partial charge in [0.25, 0.3) is 0 Å². The van der Waals surface area contributed by atoms with Gasteiger partial charge in [0.05, 0.1) is 11.2 Å². The third-order valence-electron chi connectivity index (χ3n) is 3.82. The zero-order valence-electron chi connectivity index (χ0n) is 14.0. The minimum atomic E-state index is -0.464. The molecule has 122 valence electrons. The zero-order chi connectivity index (χ0) is 16.2. The first kappa shape index (κ1) is 16.7. The van der Waals surface area contributed by atoms with Crippen molar-refractivity contribution in [3.8, 4) is 0 Å². The molecule has 0 unspecified atom stereocenters. The molecule has 0 spiro atoms. The SMILES string of the molecule is Cc1ccc(CNCC2(NC(=O)OC(C)(C)C)CCC2)nc1. The van der Waals surface area contributed by atoms with E-state index < -0.39 is 5.60 Å². The second kappa shape index (κ2) is 6.65. The van der Waals surface area contributed by atoms with Crippen LogP contribution in [0, 0.1) is 6.92 Å².